The van der Waals surface area contributed by atoms with Crippen LogP contribution >= 0.6 is 0 Å². The van der Waals surface area contributed by atoms with Crippen LogP contribution in [0.25, 0.3) is 44.5 Å². The number of nitrogen functional groups attached to an aromatic ring is 4. The predicted molar refractivity (Wildman–Crippen MR) is 517 cm³/mol. The van der Waals surface area contributed by atoms with E-state index in [-0.39, 0.29) is 76.2 Å². The van der Waals surface area contributed by atoms with Gasteiger partial charge >= 0.3 is 0 Å². The van der Waals surface area contributed by atoms with E-state index in [1.807, 2.05) is 97.1 Å². The van der Waals surface area contributed by atoms with E-state index >= 15 is 0 Å². The molecule has 12 N–H and O–H groups in total. The molecule has 32 nitrogen and oxygen atoms in total. The van der Waals surface area contributed by atoms with Crippen molar-refractivity contribution in [3.8, 4) is 90.5 Å². The molecular weight excluding hydrogens is 1750 g/mol. The van der Waals surface area contributed by atoms with Gasteiger partial charge in [0.25, 0.3) is 0 Å². The fraction of sp³-hybridized carbons (Fsp3) is 0.500. The van der Waals surface area contributed by atoms with Crippen LogP contribution in [0.3, 0.4) is 0 Å². The van der Waals surface area contributed by atoms with Crippen molar-refractivity contribution in [2.45, 2.75) is 75.0 Å². The second-order valence-corrected chi connectivity index (χ2v) is 33.2. The van der Waals surface area contributed by atoms with Crippen molar-refractivity contribution in [1.29, 1.82) is 21.6 Å². The summed E-state index contributed by atoms with van der Waals surface area (Å²) in [5, 5.41) is 36.5. The van der Waals surface area contributed by atoms with Gasteiger partial charge < -0.3 is 137 Å². The number of benzene rings is 8. The summed E-state index contributed by atoms with van der Waals surface area (Å²) >= 11 is 0. The molecule has 32 heteroatoms. The molecule has 0 fully saturated rings. The smallest absolute Gasteiger partial charge is 0.134 e. The van der Waals surface area contributed by atoms with Crippen LogP contribution in [0.1, 0.15) is 142 Å². The Morgan fingerprint density at radius 1 is 0.228 bits per heavy atom. The largest absolute Gasteiger partial charge is 0.489 e. The van der Waals surface area contributed by atoms with Gasteiger partial charge in [0.05, 0.1) is 181 Å². The molecule has 4 aliphatic heterocycles. The van der Waals surface area contributed by atoms with E-state index < -0.39 is 23.7 Å². The van der Waals surface area contributed by atoms with Crippen molar-refractivity contribution in [2.75, 3.05) is 266 Å². The van der Waals surface area contributed by atoms with E-state index in [1.165, 1.54) is 0 Å². The van der Waals surface area contributed by atoms with Gasteiger partial charge in [-0.15, -0.1) is 0 Å². The Kier molecular flexibility index (Phi) is 41.7. The van der Waals surface area contributed by atoms with Gasteiger partial charge in [-0.1, -0.05) is 72.8 Å². The SMILES string of the molecule is COCCOCCOCCOCCCC1c2cc3c4c(-c5cccc(C(=N)N)c5)c2OCCOc2c1cc1c(c2-c2cccc(C(=N)N)c2)OCCOc2c(cc5c(c2-c2cccc(C(=N)N)c2)OCCOc2c(cc(c(c2-c2cccc(C(=N)N)c2)OCCO4)C3CCCOCCOCCOCCOC)C5CCCOCCOCCOCCOC)C1CCCOCCOCCOCCOC. The molecule has 0 atom stereocenters. The van der Waals surface area contributed by atoms with Crippen LogP contribution in [-0.4, -0.2) is 290 Å². The lowest BCUT2D eigenvalue weighted by atomic mass is 9.73. The van der Waals surface area contributed by atoms with E-state index in [0.29, 0.717) is 349 Å². The summed E-state index contributed by atoms with van der Waals surface area (Å²) in [6.07, 6.45) is 3.55. The summed E-state index contributed by atoms with van der Waals surface area (Å²) in [6.45, 7) is 10.5. The zero-order valence-electron chi connectivity index (χ0n) is 79.1. The molecule has 0 aromatic heterocycles. The highest BCUT2D eigenvalue weighted by Crippen LogP contribution is 2.62. The average molecular weight is 1880 g/mol. The Morgan fingerprint density at radius 3 is 0.537 bits per heavy atom. The highest BCUT2D eigenvalue weighted by atomic mass is 16.6. The standard InChI is InChI=1S/C104H136N8O24/c1-113-29-33-121-45-49-125-41-37-117-25-9-21-77-81-65-83-78(22-10-26-118-38-42-126-50-46-122-34-30-114-2)85-67-87-80(24-12-28-120-40-44-128-52-48-124-36-32-116-4)88-68-86-79(23-11-27-119-39-43-127-51-47-123-35-31-115-3)84-66-82(77)94-90(70-14-6-18-74(62-70)102(107)108)96(84)132-56-58-134-98(86)92(72-16-8-20-76(64-72)104(111)112)100(88)136-60-59-135-99(87)91(71-15-7-19-75(63-71)103(109)110)97(85)133-57-55-131-95(83)89(93(81)129-53-54-130-94)69-13-5-17-73(61-69)101(105)106/h5-8,13-20,61-68,77-80H,9-12,21-60H2,1-4H3,(H3,105,106)(H3,107,108)(H3,109,110)(H3,111,112). The van der Waals surface area contributed by atoms with Crippen molar-refractivity contribution < 1.29 is 114 Å². The maximum atomic E-state index is 9.12. The van der Waals surface area contributed by atoms with Crippen LogP contribution in [0.5, 0.6) is 46.0 Å². The van der Waals surface area contributed by atoms with Gasteiger partial charge in [0.15, 0.2) is 0 Å². The van der Waals surface area contributed by atoms with Gasteiger partial charge in [0.1, 0.15) is 122 Å². The quantitative estimate of drug-likeness (QED) is 0.00997. The highest BCUT2D eigenvalue weighted by molar-refractivity contribution is 6.00. The van der Waals surface area contributed by atoms with Crippen molar-refractivity contribution in [1.82, 2.24) is 0 Å². The highest BCUT2D eigenvalue weighted by Gasteiger charge is 2.43. The fourth-order valence-corrected chi connectivity index (χ4v) is 17.9. The Bertz CT molecular complexity index is 4420. The molecule has 0 saturated heterocycles. The summed E-state index contributed by atoms with van der Waals surface area (Å²) in [6, 6.07) is 39.8. The van der Waals surface area contributed by atoms with E-state index in [9.17, 15) is 0 Å². The van der Waals surface area contributed by atoms with Crippen LogP contribution in [-0.2, 0) is 75.8 Å². The first kappa shape index (κ1) is 103. The van der Waals surface area contributed by atoms with E-state index in [1.54, 1.807) is 28.4 Å². The number of nitrogens with one attached hydrogen (secondary N) is 4. The molecular formula is C104H136N8O24. The number of methoxy groups -OCH3 is 4. The number of nitrogens with two attached hydrogens (primary N) is 4. The van der Waals surface area contributed by atoms with Crippen molar-refractivity contribution in [2.24, 2.45) is 22.9 Å². The van der Waals surface area contributed by atoms with E-state index in [0.717, 1.165) is 44.5 Å². The van der Waals surface area contributed by atoms with Crippen molar-refractivity contribution in [3.05, 3.63) is 188 Å². The average Bonchev–Trinajstić information content (AvgIpc) is 1.74. The fourth-order valence-electron chi connectivity index (χ4n) is 17.9. The predicted octanol–water partition coefficient (Wildman–Crippen LogP) is 13.3. The third-order valence-electron chi connectivity index (χ3n) is 24.1. The zero-order chi connectivity index (χ0) is 95.0. The Labute approximate surface area is 797 Å². The molecule has 13 rings (SSSR count). The minimum atomic E-state index is -0.685. The molecule has 0 amide bonds. The normalized spacial score (nSPS) is 15.7. The van der Waals surface area contributed by atoms with E-state index in [4.69, 9.17) is 158 Å². The maximum absolute atomic E-state index is 9.12. The molecule has 0 radical (unpaired) electrons. The summed E-state index contributed by atoms with van der Waals surface area (Å²) in [7, 11) is 6.56. The maximum Gasteiger partial charge on any atom is 0.134 e. The minimum Gasteiger partial charge on any atom is -0.489 e. The van der Waals surface area contributed by atoms with Crippen LogP contribution in [0.4, 0.5) is 0 Å². The molecule has 5 aliphatic rings. The first-order valence-electron chi connectivity index (χ1n) is 47.4. The van der Waals surface area contributed by atoms with Crippen LogP contribution in [0.15, 0.2) is 121 Å². The van der Waals surface area contributed by atoms with Gasteiger partial charge in [-0.3, -0.25) is 21.6 Å². The number of rotatable bonds is 60. The molecule has 1 aliphatic carbocycles. The summed E-state index contributed by atoms with van der Waals surface area (Å²) < 4.78 is 156. The Balaban J connectivity index is 1.15. The second-order valence-electron chi connectivity index (χ2n) is 33.2. The van der Waals surface area contributed by atoms with Gasteiger partial charge in [-0.05, 0) is 122 Å². The summed E-state index contributed by atoms with van der Waals surface area (Å²) in [5.74, 6) is 0.725. The van der Waals surface area contributed by atoms with Crippen molar-refractivity contribution in [3.63, 3.8) is 0 Å². The van der Waals surface area contributed by atoms with Crippen molar-refractivity contribution >= 4 is 23.3 Å². The molecule has 4 heterocycles. The summed E-state index contributed by atoms with van der Waals surface area (Å²) in [5.41, 5.74) is 39.5. The van der Waals surface area contributed by atoms with Crippen LogP contribution < -0.4 is 60.8 Å². The van der Waals surface area contributed by atoms with E-state index in [2.05, 4.69) is 24.3 Å². The number of hydrogen-bond donors (Lipinski definition) is 8. The zero-order valence-corrected chi connectivity index (χ0v) is 79.1. The lowest BCUT2D eigenvalue weighted by Gasteiger charge is -2.33. The molecule has 8 bridgehead atoms. The van der Waals surface area contributed by atoms with Gasteiger partial charge in [-0.2, -0.15) is 0 Å². The topological polar surface area (TPSA) is 421 Å². The first-order chi connectivity index (χ1) is 66.8. The molecule has 736 valence electrons. The second kappa shape index (κ2) is 55.1. The first-order valence-corrected chi connectivity index (χ1v) is 47.4. The molecule has 8 aromatic carbocycles. The third kappa shape index (κ3) is 27.9. The monoisotopic (exact) mass is 1880 g/mol. The molecule has 8 aromatic rings. The summed E-state index contributed by atoms with van der Waals surface area (Å²) in [4.78, 5) is 0. The lowest BCUT2D eigenvalue weighted by Crippen LogP contribution is -2.17. The number of amidine groups is 4. The number of hydrogen-bond acceptors (Lipinski definition) is 28. The van der Waals surface area contributed by atoms with Gasteiger partial charge in [0.2, 0.25) is 0 Å². The molecule has 136 heavy (non-hydrogen) atoms. The molecule has 0 spiro atoms. The van der Waals surface area contributed by atoms with Gasteiger partial charge in [0, 0.05) is 145 Å². The molecule has 0 saturated carbocycles. The number of ether oxygens (including phenoxy) is 24. The Hall–Kier alpha value is -10.6. The van der Waals surface area contributed by atoms with Crippen LogP contribution in [0.2, 0.25) is 0 Å². The lowest BCUT2D eigenvalue weighted by molar-refractivity contribution is 0.00319. The third-order valence-corrected chi connectivity index (χ3v) is 24.1. The van der Waals surface area contributed by atoms with Gasteiger partial charge in [-0.25, -0.2) is 0 Å². The van der Waals surface area contributed by atoms with Crippen LogP contribution in [0, 0.1) is 21.6 Å². The minimum absolute atomic E-state index is 0.0119. The molecule has 0 unspecified atom stereocenters. The Morgan fingerprint density at radius 2 is 0.382 bits per heavy atom.